The van der Waals surface area contributed by atoms with Crippen LogP contribution in [0.3, 0.4) is 0 Å². The first kappa shape index (κ1) is 84.7. The average Bonchev–Trinajstić information content (AvgIpc) is 0.763. The molecule has 17 aromatic rings. The Labute approximate surface area is 790 Å². The van der Waals surface area contributed by atoms with Gasteiger partial charge in [0.05, 0.1) is 6.33 Å². The van der Waals surface area contributed by atoms with Gasteiger partial charge in [-0.25, -0.2) is 0 Å². The van der Waals surface area contributed by atoms with Crippen molar-refractivity contribution in [3.05, 3.63) is 425 Å². The van der Waals surface area contributed by atoms with Crippen LogP contribution >= 0.6 is 95.6 Å². The van der Waals surface area contributed by atoms with Crippen molar-refractivity contribution in [2.24, 2.45) is 0 Å². The fraction of sp³-hybridized carbons (Fsp3) is 0.111. The van der Waals surface area contributed by atoms with Gasteiger partial charge in [-0.15, -0.1) is 143 Å². The summed E-state index contributed by atoms with van der Waals surface area (Å²) < 4.78 is 5.92. The molecule has 0 spiro atoms. The molecule has 2 aliphatic rings. The SMILES string of the molecule is Brc1cc(-c2ccccn2)[c-]cc1-c1ccccc1C1CC(c2ccccc2-c2c[c-]c(-c3ccccn3)cc2Br)CC(c2ccccc2-c2c[c-]c(-c3cc(-c4[c-]cc(-c5ccccc5C5CC(c6ccccc6-c6c[c-]c(-c7ccccn7)cc6Br)CC(c6ccccc6-c6c[c-]c(-c7ccccn7)cc6Br)C5)c(Br)c4)ncn3)cc2Br)C1.[Ir+3].[Ir+3]. The van der Waals surface area contributed by atoms with Crippen molar-refractivity contribution < 1.29 is 40.2 Å². The summed E-state index contributed by atoms with van der Waals surface area (Å²) in [4.78, 5) is 28.5. The van der Waals surface area contributed by atoms with Gasteiger partial charge in [0.1, 0.15) is 0 Å². The molecule has 5 aromatic heterocycles. The fourth-order valence-electron chi connectivity index (χ4n) is 18.4. The summed E-state index contributed by atoms with van der Waals surface area (Å²) in [6, 6.07) is 128. The van der Waals surface area contributed by atoms with E-state index in [9.17, 15) is 0 Å². The smallest absolute Gasteiger partial charge is 0.305 e. The molecule has 594 valence electrons. The minimum atomic E-state index is 0. The van der Waals surface area contributed by atoms with E-state index in [0.29, 0.717) is 0 Å². The molecule has 0 bridgehead atoms. The Morgan fingerprint density at radius 1 is 0.197 bits per heavy atom. The van der Waals surface area contributed by atoms with Gasteiger partial charge in [0.15, 0.2) is 0 Å². The van der Waals surface area contributed by atoms with E-state index >= 15 is 0 Å². The van der Waals surface area contributed by atoms with Gasteiger partial charge in [0.25, 0.3) is 0 Å². The number of pyridine rings is 4. The first-order chi connectivity index (χ1) is 59.0. The summed E-state index contributed by atoms with van der Waals surface area (Å²) in [7, 11) is 0. The Morgan fingerprint density at radius 3 is 0.557 bits per heavy atom. The predicted molar refractivity (Wildman–Crippen MR) is 508 cm³/mol. The van der Waals surface area contributed by atoms with Crippen molar-refractivity contribution in [2.45, 2.75) is 74.0 Å². The van der Waals surface area contributed by atoms with Crippen LogP contribution in [0.15, 0.2) is 355 Å². The number of hydrogen-bond acceptors (Lipinski definition) is 6. The summed E-state index contributed by atoms with van der Waals surface area (Å²) in [5.41, 5.74) is 32.1. The van der Waals surface area contributed by atoms with Crippen LogP contribution in [0, 0.1) is 36.4 Å². The van der Waals surface area contributed by atoms with E-state index in [-0.39, 0.29) is 75.7 Å². The Kier molecular flexibility index (Phi) is 26.6. The third-order valence-electron chi connectivity index (χ3n) is 23.9. The van der Waals surface area contributed by atoms with Gasteiger partial charge in [-0.3, -0.25) is 9.97 Å². The zero-order chi connectivity index (χ0) is 81.2. The van der Waals surface area contributed by atoms with E-state index in [4.69, 9.17) is 9.97 Å². The molecule has 12 aromatic carbocycles. The van der Waals surface area contributed by atoms with Crippen LogP contribution in [0.25, 0.3) is 134 Å². The molecule has 122 heavy (non-hydrogen) atoms. The molecular weight excluding hydrogens is 2250 g/mol. The van der Waals surface area contributed by atoms with E-state index < -0.39 is 0 Å². The van der Waals surface area contributed by atoms with Crippen molar-refractivity contribution in [2.75, 3.05) is 0 Å². The Balaban J connectivity index is 0.00000529. The van der Waals surface area contributed by atoms with Crippen molar-refractivity contribution in [3.8, 4) is 134 Å². The van der Waals surface area contributed by atoms with Gasteiger partial charge in [-0.1, -0.05) is 389 Å². The maximum atomic E-state index is 4.92. The molecule has 0 N–H and O–H groups in total. The number of halogens is 6. The zero-order valence-electron chi connectivity index (χ0n) is 65.5. The number of benzene rings is 12. The van der Waals surface area contributed by atoms with E-state index in [0.717, 1.165) is 166 Å². The molecular formula is C108H72Br6Ir2N6. The predicted octanol–water partition coefficient (Wildman–Crippen LogP) is 31.1. The molecule has 19 rings (SSSR count). The van der Waals surface area contributed by atoms with Gasteiger partial charge in [-0.2, -0.15) is 0 Å². The summed E-state index contributed by atoms with van der Waals surface area (Å²) in [5, 5.41) is 0. The van der Waals surface area contributed by atoms with Crippen molar-refractivity contribution in [3.63, 3.8) is 0 Å². The minimum absolute atomic E-state index is 0. The first-order valence-electron chi connectivity index (χ1n) is 40.3. The first-order valence-corrected chi connectivity index (χ1v) is 45.0. The third kappa shape index (κ3) is 17.8. The average molecular weight is 2320 g/mol. The molecule has 6 nitrogen and oxygen atoms in total. The van der Waals surface area contributed by atoms with Crippen LogP contribution in [-0.2, 0) is 40.2 Å². The van der Waals surface area contributed by atoms with Gasteiger partial charge in [0, 0.05) is 24.8 Å². The standard InChI is InChI=1S/C108H72Br6N6.2Ir/c109-97-59-67(103-33-13-17-49-115-103)37-43-91(97)85-27-7-1-21-79(85)73-53-74(80-22-2-8-28-86(80)92-44-38-68(60-98(92)110)104-34-14-18-50-116-104)56-77(55-73)83-25-5-11-31-89(83)95-47-41-71(63-101(95)113)107-65-108(120-66-119-107)72-42-48-96(102(114)64-72)90-32-12-6-26-84(90)78-57-75(81-23-3-9-29-87(81)93-45-39-69(61-99(93)111)105-35-15-19-51-117-105)54-76(58-78)82-24-4-10-30-88(82)94-46-40-70(62-100(94)112)106-36-16-20-52-118-106;;/h1-36,43-52,59-66,73-78H,53-58H2;;/q-6;2*+3. The number of rotatable bonds is 18. The van der Waals surface area contributed by atoms with Crippen molar-refractivity contribution in [1.29, 1.82) is 0 Å². The van der Waals surface area contributed by atoms with Crippen LogP contribution in [0.1, 0.15) is 107 Å². The summed E-state index contributed by atoms with van der Waals surface area (Å²) in [6.07, 6.45) is 14.7. The maximum absolute atomic E-state index is 4.92. The van der Waals surface area contributed by atoms with Crippen LogP contribution in [-0.4, -0.2) is 29.9 Å². The molecule has 0 radical (unpaired) electrons. The molecule has 2 fully saturated rings. The summed E-state index contributed by atoms with van der Waals surface area (Å²) in [5.74, 6) is 1.08. The second-order valence-electron chi connectivity index (χ2n) is 30.9. The molecule has 4 unspecified atom stereocenters. The van der Waals surface area contributed by atoms with Crippen molar-refractivity contribution in [1.82, 2.24) is 29.9 Å². The quantitative estimate of drug-likeness (QED) is 0.0797. The monoisotopic (exact) mass is 2310 g/mol. The molecule has 0 aliphatic heterocycles. The van der Waals surface area contributed by atoms with Crippen LogP contribution in [0.4, 0.5) is 0 Å². The van der Waals surface area contributed by atoms with E-state index in [1.54, 1.807) is 6.33 Å². The van der Waals surface area contributed by atoms with Gasteiger partial charge >= 0.3 is 40.2 Å². The van der Waals surface area contributed by atoms with Crippen molar-refractivity contribution >= 4 is 95.6 Å². The Morgan fingerprint density at radius 2 is 0.377 bits per heavy atom. The molecule has 0 saturated heterocycles. The maximum Gasteiger partial charge on any atom is 3.00 e. The summed E-state index contributed by atoms with van der Waals surface area (Å²) >= 11 is 24.6. The second-order valence-corrected chi connectivity index (χ2v) is 36.0. The molecule has 4 atom stereocenters. The second kappa shape index (κ2) is 38.3. The molecule has 2 aliphatic carbocycles. The topological polar surface area (TPSA) is 77.3 Å². The zero-order valence-corrected chi connectivity index (χ0v) is 79.8. The third-order valence-corrected chi connectivity index (χ3v) is 27.9. The Hall–Kier alpha value is -9.50. The van der Waals surface area contributed by atoms with Crippen LogP contribution in [0.2, 0.25) is 0 Å². The number of hydrogen-bond donors (Lipinski definition) is 0. The van der Waals surface area contributed by atoms with E-state index in [1.807, 2.05) is 97.6 Å². The minimum Gasteiger partial charge on any atom is -0.305 e. The van der Waals surface area contributed by atoms with Crippen LogP contribution < -0.4 is 0 Å². The van der Waals surface area contributed by atoms with E-state index in [2.05, 4.69) is 376 Å². The number of aromatic nitrogens is 6. The molecule has 14 heteroatoms. The molecule has 0 amide bonds. The van der Waals surface area contributed by atoms with Gasteiger partial charge < -0.3 is 19.9 Å². The summed E-state index contributed by atoms with van der Waals surface area (Å²) in [6.45, 7) is 0. The van der Waals surface area contributed by atoms with Crippen LogP contribution in [0.5, 0.6) is 0 Å². The number of nitrogens with zero attached hydrogens (tertiary/aromatic N) is 6. The fourth-order valence-corrected chi connectivity index (χ4v) is 21.7. The van der Waals surface area contributed by atoms with Gasteiger partial charge in [-0.05, 0) is 166 Å². The Bertz CT molecular complexity index is 5980. The van der Waals surface area contributed by atoms with Gasteiger partial charge in [0.2, 0.25) is 0 Å². The molecule has 5 heterocycles. The van der Waals surface area contributed by atoms with E-state index in [1.165, 1.54) is 66.8 Å². The largest absolute Gasteiger partial charge is 3.00 e. The normalized spacial score (nSPS) is 16.3. The molecule has 2 saturated carbocycles.